The van der Waals surface area contributed by atoms with Gasteiger partial charge in [-0.15, -0.1) is 0 Å². The first-order valence-electron chi connectivity index (χ1n) is 15.9. The van der Waals surface area contributed by atoms with Gasteiger partial charge in [0.2, 0.25) is 5.91 Å². The molecular weight excluding hydrogens is 644 g/mol. The molecule has 3 rings (SSSR count). The fourth-order valence-corrected chi connectivity index (χ4v) is 5.16. The number of amides is 1. The quantitative estimate of drug-likeness (QED) is 0.0266. The number of nitrogens with one attached hydrogen (secondary N) is 1. The van der Waals surface area contributed by atoms with E-state index in [1.54, 1.807) is 0 Å². The number of hydrogen-bond acceptors (Lipinski definition) is 16. The fraction of sp³-hybridized carbons (Fsp3) is 0.733. The van der Waals surface area contributed by atoms with E-state index in [2.05, 4.69) is 5.32 Å². The normalized spacial score (nSPS) is 30.5. The summed E-state index contributed by atoms with van der Waals surface area (Å²) in [7, 11) is 0. The molecule has 0 bridgehead atoms. The third-order valence-electron chi connectivity index (χ3n) is 7.95. The molecule has 272 valence electrons. The van der Waals surface area contributed by atoms with Gasteiger partial charge in [-0.05, 0) is 37.8 Å². The first-order valence-corrected chi connectivity index (χ1v) is 15.9. The minimum Gasteiger partial charge on any atom is -0.427 e. The summed E-state index contributed by atoms with van der Waals surface area (Å²) in [4.78, 5) is 34.1. The maximum Gasteiger partial charge on any atom is 0.311 e. The third-order valence-corrected chi connectivity index (χ3v) is 7.95. The number of nitrogens with zero attached hydrogens (tertiary/aromatic N) is 1. The fourth-order valence-electron chi connectivity index (χ4n) is 5.16. The van der Waals surface area contributed by atoms with E-state index < -0.39 is 85.5 Å². The predicted molar refractivity (Wildman–Crippen MR) is 161 cm³/mol. The van der Waals surface area contributed by atoms with Gasteiger partial charge in [-0.1, -0.05) is 12.8 Å². The van der Waals surface area contributed by atoms with Crippen LogP contribution < -0.4 is 10.1 Å². The Bertz CT molecular complexity index is 1140. The van der Waals surface area contributed by atoms with Crippen LogP contribution in [0.3, 0.4) is 0 Å². The Morgan fingerprint density at radius 1 is 0.771 bits per heavy atom. The van der Waals surface area contributed by atoms with Gasteiger partial charge in [0.05, 0.1) is 18.1 Å². The van der Waals surface area contributed by atoms with Crippen LogP contribution in [0.4, 0.5) is 5.69 Å². The highest BCUT2D eigenvalue weighted by Gasteiger charge is 2.50. The second kappa shape index (κ2) is 20.0. The van der Waals surface area contributed by atoms with Crippen LogP contribution >= 0.6 is 0 Å². The summed E-state index contributed by atoms with van der Waals surface area (Å²) >= 11 is 0. The van der Waals surface area contributed by atoms with E-state index in [0.717, 1.165) is 12.8 Å². The van der Waals surface area contributed by atoms with E-state index in [1.807, 2.05) is 0 Å². The maximum absolute atomic E-state index is 12.1. The molecule has 48 heavy (non-hydrogen) atoms. The van der Waals surface area contributed by atoms with Crippen molar-refractivity contribution in [2.45, 2.75) is 113 Å². The zero-order valence-corrected chi connectivity index (χ0v) is 26.3. The van der Waals surface area contributed by atoms with Crippen molar-refractivity contribution in [2.75, 3.05) is 26.4 Å². The lowest BCUT2D eigenvalue weighted by Crippen LogP contribution is -2.64. The van der Waals surface area contributed by atoms with Crippen molar-refractivity contribution in [2.24, 2.45) is 0 Å². The van der Waals surface area contributed by atoms with E-state index in [-0.39, 0.29) is 36.8 Å². The number of nitro benzene ring substituents is 1. The Kier molecular flexibility index (Phi) is 16.4. The number of non-ortho nitro benzene ring substituents is 1. The average molecular weight is 691 g/mol. The second-order valence-electron chi connectivity index (χ2n) is 11.6. The summed E-state index contributed by atoms with van der Waals surface area (Å²) in [5.41, 5.74) is -0.109. The smallest absolute Gasteiger partial charge is 0.311 e. The van der Waals surface area contributed by atoms with E-state index in [1.165, 1.54) is 24.3 Å². The van der Waals surface area contributed by atoms with Gasteiger partial charge in [-0.2, -0.15) is 0 Å². The number of ether oxygens (including phenoxy) is 5. The minimum atomic E-state index is -1.75. The lowest BCUT2D eigenvalue weighted by molar-refractivity contribution is -0.384. The van der Waals surface area contributed by atoms with Gasteiger partial charge in [0, 0.05) is 38.1 Å². The Labute approximate surface area is 276 Å². The molecular formula is C30H46N2O16. The molecule has 2 saturated heterocycles. The van der Waals surface area contributed by atoms with Gasteiger partial charge in [-0.25, -0.2) is 0 Å². The second-order valence-corrected chi connectivity index (χ2v) is 11.6. The first-order chi connectivity index (χ1) is 23.0. The van der Waals surface area contributed by atoms with E-state index in [9.17, 15) is 55.4 Å². The van der Waals surface area contributed by atoms with Crippen molar-refractivity contribution >= 4 is 17.6 Å². The van der Waals surface area contributed by atoms with Crippen molar-refractivity contribution in [3.63, 3.8) is 0 Å². The molecule has 0 aromatic heterocycles. The predicted octanol–water partition coefficient (Wildman–Crippen LogP) is -1.62. The van der Waals surface area contributed by atoms with Crippen LogP contribution in [0.25, 0.3) is 0 Å². The van der Waals surface area contributed by atoms with Gasteiger partial charge in [0.25, 0.3) is 5.69 Å². The monoisotopic (exact) mass is 690 g/mol. The summed E-state index contributed by atoms with van der Waals surface area (Å²) in [6, 6.07) is 5.17. The van der Waals surface area contributed by atoms with Crippen LogP contribution in [0.5, 0.6) is 5.75 Å². The average Bonchev–Trinajstić information content (AvgIpc) is 3.07. The highest BCUT2D eigenvalue weighted by atomic mass is 16.7. The van der Waals surface area contributed by atoms with Crippen molar-refractivity contribution in [1.29, 1.82) is 0 Å². The van der Waals surface area contributed by atoms with Gasteiger partial charge >= 0.3 is 5.97 Å². The Balaban J connectivity index is 1.24. The molecule has 1 aromatic rings. The van der Waals surface area contributed by atoms with Gasteiger partial charge < -0.3 is 64.7 Å². The largest absolute Gasteiger partial charge is 0.427 e. The van der Waals surface area contributed by atoms with Crippen molar-refractivity contribution < 1.29 is 73.9 Å². The highest BCUT2D eigenvalue weighted by molar-refractivity contribution is 5.76. The molecule has 0 unspecified atom stereocenters. The summed E-state index contributed by atoms with van der Waals surface area (Å²) in [6.45, 7) is -0.728. The zero-order valence-electron chi connectivity index (χ0n) is 26.3. The van der Waals surface area contributed by atoms with Gasteiger partial charge in [0.15, 0.2) is 12.6 Å². The first kappa shape index (κ1) is 39.6. The highest BCUT2D eigenvalue weighted by Crippen LogP contribution is 2.29. The van der Waals surface area contributed by atoms with Crippen molar-refractivity contribution in [1.82, 2.24) is 5.32 Å². The van der Waals surface area contributed by atoms with Crippen molar-refractivity contribution in [3.8, 4) is 5.75 Å². The molecule has 2 aliphatic heterocycles. The summed E-state index contributed by atoms with van der Waals surface area (Å²) in [5, 5.41) is 84.0. The number of unbranched alkanes of at least 4 members (excludes halogenated alkanes) is 4. The molecule has 0 saturated carbocycles. The molecule has 1 amide bonds. The molecule has 0 aliphatic carbocycles. The van der Waals surface area contributed by atoms with Crippen LogP contribution in [0, 0.1) is 10.1 Å². The minimum absolute atomic E-state index is 0.103. The Morgan fingerprint density at radius 2 is 1.40 bits per heavy atom. The van der Waals surface area contributed by atoms with E-state index in [0.29, 0.717) is 32.2 Å². The number of nitro groups is 1. The number of benzene rings is 1. The van der Waals surface area contributed by atoms with Gasteiger partial charge in [-0.3, -0.25) is 19.7 Å². The van der Waals surface area contributed by atoms with Crippen LogP contribution in [-0.4, -0.2) is 140 Å². The van der Waals surface area contributed by atoms with Gasteiger partial charge in [0.1, 0.15) is 54.6 Å². The Morgan fingerprint density at radius 3 is 2.06 bits per heavy atom. The lowest BCUT2D eigenvalue weighted by Gasteiger charge is -2.45. The number of carbonyl (C=O) groups excluding carboxylic acids is 2. The zero-order chi connectivity index (χ0) is 35.2. The number of aliphatic hydroxyl groups is 7. The van der Waals surface area contributed by atoms with Crippen LogP contribution in [-0.2, 0) is 28.5 Å². The number of rotatable bonds is 19. The standard InChI is InChI=1S/C30H46N2O16/c33-15-19-23(37)24(38)26(40)30(46-19)48-28-20(16-34)47-29(27(41)25(28)39)44-14-6-2-1-5-13-31-21(35)7-3-4-8-22(36)45-18-11-9-17(10-12-18)32(42)43/h9-12,19-20,23-30,33-34,37-41H,1-8,13-16H2,(H,31,35)/t19-,20-,23+,24+,25-,26-,27-,28-,29-,30+/m1/s1. The molecule has 2 fully saturated rings. The molecule has 1 aromatic carbocycles. The van der Waals surface area contributed by atoms with Crippen LogP contribution in [0.1, 0.15) is 51.4 Å². The molecule has 2 heterocycles. The molecule has 18 heteroatoms. The van der Waals surface area contributed by atoms with Crippen LogP contribution in [0.15, 0.2) is 24.3 Å². The van der Waals surface area contributed by atoms with E-state index in [4.69, 9.17) is 23.7 Å². The molecule has 2 aliphatic rings. The molecule has 0 radical (unpaired) electrons. The number of hydrogen-bond donors (Lipinski definition) is 8. The Hall–Kier alpha value is -2.88. The molecule has 0 spiro atoms. The van der Waals surface area contributed by atoms with Crippen LogP contribution in [0.2, 0.25) is 0 Å². The number of esters is 1. The number of aliphatic hydroxyl groups excluding tert-OH is 7. The number of carbonyl (C=O) groups is 2. The molecule has 10 atom stereocenters. The summed E-state index contributed by atoms with van der Waals surface area (Å²) in [5.74, 6) is -0.427. The lowest BCUT2D eigenvalue weighted by atomic mass is 9.97. The summed E-state index contributed by atoms with van der Waals surface area (Å²) in [6.07, 6.45) is -11.1. The topological polar surface area (TPSA) is 277 Å². The molecule has 8 N–H and O–H groups in total. The maximum atomic E-state index is 12.1. The SMILES string of the molecule is O=C(CCCCC(=O)Oc1ccc([N+](=O)[O-])cc1)NCCCCCCO[C@@H]1O[C@H](CO)[C@@H](O[C@@H]2O[C@H](CO)[C@H](O)[C@H](O)[C@H]2O)[C@H](O)[C@H]1O. The van der Waals surface area contributed by atoms with E-state index >= 15 is 0 Å². The molecule has 18 nitrogen and oxygen atoms in total. The summed E-state index contributed by atoms with van der Waals surface area (Å²) < 4.78 is 27.1. The van der Waals surface area contributed by atoms with Crippen molar-refractivity contribution in [3.05, 3.63) is 34.4 Å². The third kappa shape index (κ3) is 11.6.